The molecule has 0 aromatic rings. The molecule has 0 aliphatic carbocycles. The van der Waals surface area contributed by atoms with Crippen LogP contribution in [0.2, 0.25) is 0 Å². The van der Waals surface area contributed by atoms with Crippen molar-refractivity contribution in [2.45, 2.75) is 13.8 Å². The average Bonchev–Trinajstić information content (AvgIpc) is 1.61. The third-order valence-electron chi connectivity index (χ3n) is 0.518. The summed E-state index contributed by atoms with van der Waals surface area (Å²) >= 11 is 5.47. The second-order valence-corrected chi connectivity index (χ2v) is 1.88. The van der Waals surface area contributed by atoms with Gasteiger partial charge in [-0.05, 0) is 19.9 Å². The predicted molar refractivity (Wildman–Crippen MR) is 34.4 cm³/mol. The molecule has 0 N–H and O–H groups in total. The molecule has 0 aromatic heterocycles. The minimum Gasteiger partial charge on any atom is -0.0895 e. The van der Waals surface area contributed by atoms with Crippen molar-refractivity contribution in [3.05, 3.63) is 23.3 Å². The van der Waals surface area contributed by atoms with Crippen LogP contribution in [0.1, 0.15) is 13.8 Å². The van der Waals surface area contributed by atoms with Gasteiger partial charge in [0.15, 0.2) is 0 Å². The fraction of sp³-hybridized carbons (Fsp3) is 0.333. The minimum absolute atomic E-state index is 0.818. The molecule has 0 nitrogen and oxygen atoms in total. The summed E-state index contributed by atoms with van der Waals surface area (Å²) in [5.74, 6) is 0. The van der Waals surface area contributed by atoms with Crippen LogP contribution in [-0.4, -0.2) is 0 Å². The van der Waals surface area contributed by atoms with E-state index in [4.69, 9.17) is 11.6 Å². The molecule has 0 saturated heterocycles. The molecule has 0 heterocycles. The van der Waals surface area contributed by atoms with E-state index < -0.39 is 0 Å². The summed E-state index contributed by atoms with van der Waals surface area (Å²) in [7, 11) is 0. The summed E-state index contributed by atoms with van der Waals surface area (Å²) < 4.78 is 0. The van der Waals surface area contributed by atoms with E-state index in [1.807, 2.05) is 32.1 Å². The first-order valence-electron chi connectivity index (χ1n) is 2.22. The van der Waals surface area contributed by atoms with Gasteiger partial charge >= 0.3 is 0 Å². The van der Waals surface area contributed by atoms with Crippen molar-refractivity contribution in [2.24, 2.45) is 0 Å². The van der Waals surface area contributed by atoms with E-state index in [0.717, 1.165) is 5.03 Å². The first-order chi connectivity index (χ1) is 3.27. The van der Waals surface area contributed by atoms with Crippen LogP contribution < -0.4 is 0 Å². The Balaban J connectivity index is 3.46. The Morgan fingerprint density at radius 1 is 1.57 bits per heavy atom. The minimum atomic E-state index is 0.818. The van der Waals surface area contributed by atoms with Gasteiger partial charge in [-0.2, -0.15) is 0 Å². The van der Waals surface area contributed by atoms with Gasteiger partial charge in [0.1, 0.15) is 0 Å². The first-order valence-corrected chi connectivity index (χ1v) is 2.60. The second kappa shape index (κ2) is 3.94. The molecular formula is C6H9Cl. The van der Waals surface area contributed by atoms with Crippen LogP contribution in [0.5, 0.6) is 0 Å². The monoisotopic (exact) mass is 116 g/mol. The van der Waals surface area contributed by atoms with Crippen LogP contribution in [-0.2, 0) is 0 Å². The number of hydrogen-bond donors (Lipinski definition) is 0. The Morgan fingerprint density at radius 3 is 2.29 bits per heavy atom. The van der Waals surface area contributed by atoms with E-state index in [9.17, 15) is 0 Å². The molecule has 0 radical (unpaired) electrons. The van der Waals surface area contributed by atoms with Crippen LogP contribution in [0.4, 0.5) is 0 Å². The van der Waals surface area contributed by atoms with Gasteiger partial charge in [0, 0.05) is 5.03 Å². The van der Waals surface area contributed by atoms with Crippen LogP contribution in [0.15, 0.2) is 23.3 Å². The lowest BCUT2D eigenvalue weighted by molar-refractivity contribution is 1.64. The van der Waals surface area contributed by atoms with Gasteiger partial charge in [0.2, 0.25) is 0 Å². The number of halogens is 1. The maximum atomic E-state index is 5.47. The van der Waals surface area contributed by atoms with Crippen molar-refractivity contribution < 1.29 is 0 Å². The molecule has 0 aliphatic rings. The normalized spacial score (nSPS) is 13.3. The number of rotatable bonds is 1. The summed E-state index contributed by atoms with van der Waals surface area (Å²) in [6, 6.07) is 0. The number of hydrogen-bond acceptors (Lipinski definition) is 0. The zero-order chi connectivity index (χ0) is 5.70. The molecule has 0 atom stereocenters. The van der Waals surface area contributed by atoms with E-state index in [0.29, 0.717) is 0 Å². The fourth-order valence-corrected chi connectivity index (χ4v) is 0.302. The lowest BCUT2D eigenvalue weighted by Crippen LogP contribution is -1.51. The first kappa shape index (κ1) is 6.77. The van der Waals surface area contributed by atoms with Gasteiger partial charge < -0.3 is 0 Å². The summed E-state index contributed by atoms with van der Waals surface area (Å²) in [5.41, 5.74) is 0. The van der Waals surface area contributed by atoms with Crippen molar-refractivity contribution in [1.29, 1.82) is 0 Å². The Kier molecular flexibility index (Phi) is 3.81. The predicted octanol–water partition coefficient (Wildman–Crippen LogP) is 2.71. The summed E-state index contributed by atoms with van der Waals surface area (Å²) in [6.45, 7) is 3.80. The third-order valence-corrected chi connectivity index (χ3v) is 0.644. The molecule has 0 spiro atoms. The third kappa shape index (κ3) is 5.77. The van der Waals surface area contributed by atoms with Crippen LogP contribution in [0.25, 0.3) is 0 Å². The van der Waals surface area contributed by atoms with E-state index in [2.05, 4.69) is 0 Å². The van der Waals surface area contributed by atoms with Crippen LogP contribution in [0.3, 0.4) is 0 Å². The second-order valence-electron chi connectivity index (χ2n) is 1.28. The van der Waals surface area contributed by atoms with Crippen molar-refractivity contribution in [2.75, 3.05) is 0 Å². The zero-order valence-corrected chi connectivity index (χ0v) is 5.37. The van der Waals surface area contributed by atoms with Gasteiger partial charge in [-0.1, -0.05) is 23.8 Å². The molecule has 0 unspecified atom stereocenters. The molecule has 0 aliphatic heterocycles. The van der Waals surface area contributed by atoms with Crippen molar-refractivity contribution in [1.82, 2.24) is 0 Å². The van der Waals surface area contributed by atoms with Gasteiger partial charge in [0.05, 0.1) is 0 Å². The van der Waals surface area contributed by atoms with E-state index >= 15 is 0 Å². The summed E-state index contributed by atoms with van der Waals surface area (Å²) in [5, 5.41) is 0.818. The van der Waals surface area contributed by atoms with Crippen molar-refractivity contribution in [3.8, 4) is 0 Å². The van der Waals surface area contributed by atoms with E-state index in [1.165, 1.54) is 0 Å². The molecule has 0 rings (SSSR count). The molecule has 7 heavy (non-hydrogen) atoms. The molecular weight excluding hydrogens is 108 g/mol. The molecule has 0 aromatic carbocycles. The SMILES string of the molecule is C/C=C\C=C(/C)Cl. The van der Waals surface area contributed by atoms with Gasteiger partial charge in [-0.3, -0.25) is 0 Å². The molecule has 40 valence electrons. The highest BCUT2D eigenvalue weighted by molar-refractivity contribution is 6.29. The summed E-state index contributed by atoms with van der Waals surface area (Å²) in [4.78, 5) is 0. The maximum absolute atomic E-state index is 5.47. The van der Waals surface area contributed by atoms with Crippen molar-refractivity contribution in [3.63, 3.8) is 0 Å². The molecule has 0 bridgehead atoms. The molecule has 0 amide bonds. The van der Waals surface area contributed by atoms with Crippen molar-refractivity contribution >= 4 is 11.6 Å². The highest BCUT2D eigenvalue weighted by Gasteiger charge is 1.68. The Morgan fingerprint density at radius 2 is 2.14 bits per heavy atom. The topological polar surface area (TPSA) is 0 Å². The van der Waals surface area contributed by atoms with Crippen LogP contribution in [0, 0.1) is 0 Å². The molecule has 0 fully saturated rings. The zero-order valence-electron chi connectivity index (χ0n) is 4.61. The van der Waals surface area contributed by atoms with Crippen LogP contribution >= 0.6 is 11.6 Å². The quantitative estimate of drug-likeness (QED) is 0.462. The Hall–Kier alpha value is -0.230. The highest BCUT2D eigenvalue weighted by Crippen LogP contribution is 1.96. The Bertz CT molecular complexity index is 86.4. The summed E-state index contributed by atoms with van der Waals surface area (Å²) in [6.07, 6.45) is 5.69. The smallest absolute Gasteiger partial charge is 0.0149 e. The highest BCUT2D eigenvalue weighted by atomic mass is 35.5. The van der Waals surface area contributed by atoms with Gasteiger partial charge in [0.25, 0.3) is 0 Å². The standard InChI is InChI=1S/C6H9Cl/c1-3-4-5-6(2)7/h3-5H,1-2H3/b4-3-,6-5+. The molecule has 1 heteroatoms. The number of allylic oxidation sites excluding steroid dienone is 4. The van der Waals surface area contributed by atoms with Gasteiger partial charge in [-0.15, -0.1) is 0 Å². The fourth-order valence-electron chi connectivity index (χ4n) is 0.229. The van der Waals surface area contributed by atoms with E-state index in [1.54, 1.807) is 0 Å². The largest absolute Gasteiger partial charge is 0.0895 e. The van der Waals surface area contributed by atoms with E-state index in [-0.39, 0.29) is 0 Å². The maximum Gasteiger partial charge on any atom is 0.0149 e. The average molecular weight is 117 g/mol. The lowest BCUT2D eigenvalue weighted by atomic mass is 10.5. The lowest BCUT2D eigenvalue weighted by Gasteiger charge is -1.74. The Labute approximate surface area is 49.5 Å². The van der Waals surface area contributed by atoms with Gasteiger partial charge in [-0.25, -0.2) is 0 Å². The molecule has 0 saturated carbocycles.